The van der Waals surface area contributed by atoms with E-state index in [2.05, 4.69) is 0 Å². The number of halogens is 1. The molecule has 28 heavy (non-hydrogen) atoms. The van der Waals surface area contributed by atoms with Gasteiger partial charge in [0, 0.05) is 16.7 Å². The van der Waals surface area contributed by atoms with Gasteiger partial charge in [0.05, 0.1) is 12.2 Å². The Morgan fingerprint density at radius 3 is 2.57 bits per heavy atom. The van der Waals surface area contributed by atoms with E-state index in [4.69, 9.17) is 0 Å². The molecule has 4 aliphatic rings. The molecule has 7 heteroatoms. The quantitative estimate of drug-likeness (QED) is 0.546. The fourth-order valence-electron chi connectivity index (χ4n) is 6.85. The molecular formula is C21H27FO6. The molecule has 0 saturated heterocycles. The van der Waals surface area contributed by atoms with Crippen molar-refractivity contribution in [1.82, 2.24) is 0 Å². The van der Waals surface area contributed by atoms with E-state index >= 15 is 4.39 Å². The minimum atomic E-state index is -2.23. The van der Waals surface area contributed by atoms with Gasteiger partial charge in [0.1, 0.15) is 6.61 Å². The van der Waals surface area contributed by atoms with Crippen LogP contribution in [0.2, 0.25) is 0 Å². The Morgan fingerprint density at radius 1 is 1.25 bits per heavy atom. The third-order valence-corrected chi connectivity index (χ3v) is 8.43. The second-order valence-corrected chi connectivity index (χ2v) is 9.36. The molecule has 3 fully saturated rings. The van der Waals surface area contributed by atoms with Gasteiger partial charge in [0.15, 0.2) is 22.8 Å². The smallest absolute Gasteiger partial charge is 0.192 e. The van der Waals surface area contributed by atoms with Crippen molar-refractivity contribution in [2.75, 3.05) is 6.61 Å². The highest BCUT2D eigenvalue weighted by molar-refractivity contribution is 6.01. The fourth-order valence-corrected chi connectivity index (χ4v) is 6.85. The lowest BCUT2D eigenvalue weighted by molar-refractivity contribution is -0.222. The van der Waals surface area contributed by atoms with Gasteiger partial charge in [-0.2, -0.15) is 0 Å². The highest BCUT2D eigenvalue weighted by Crippen LogP contribution is 2.69. The van der Waals surface area contributed by atoms with E-state index in [0.717, 1.165) is 0 Å². The van der Waals surface area contributed by atoms with Crippen LogP contribution < -0.4 is 0 Å². The van der Waals surface area contributed by atoms with Crippen LogP contribution in [0.5, 0.6) is 0 Å². The largest absolute Gasteiger partial charge is 0.390 e. The molecule has 0 radical (unpaired) electrons. The molecule has 0 heterocycles. The number of carbonyl (C=O) groups excluding carboxylic acids is 2. The topological polar surface area (TPSA) is 115 Å². The Labute approximate surface area is 162 Å². The Bertz CT molecular complexity index is 807. The van der Waals surface area contributed by atoms with Crippen molar-refractivity contribution in [1.29, 1.82) is 0 Å². The standard InChI is InChI=1S/C21H27FO6/c1-18-6-5-12(24)7-11(18)3-4-13-14-8-15(25)21(28,17(27)10-23)19(14,2)9-16(26)20(13,18)22/h5-7,13-16,23,25-26,28H,3-4,8-10H2,1-2H3/t13-,14+,15+,16+,18+,19+,20-,21+/m1/s1. The van der Waals surface area contributed by atoms with E-state index in [1.54, 1.807) is 13.8 Å². The lowest BCUT2D eigenvalue weighted by Gasteiger charge is -2.62. The maximum Gasteiger partial charge on any atom is 0.192 e. The molecule has 154 valence electrons. The summed E-state index contributed by atoms with van der Waals surface area (Å²) in [6, 6.07) is 0. The number of fused-ring (bicyclic) bond motifs is 5. The second kappa shape index (κ2) is 5.81. The molecule has 0 spiro atoms. The molecule has 3 saturated carbocycles. The minimum absolute atomic E-state index is 0.0135. The number of allylic oxidation sites excluding steroid dienone is 4. The van der Waals surface area contributed by atoms with E-state index in [1.165, 1.54) is 18.2 Å². The van der Waals surface area contributed by atoms with Crippen LogP contribution in [0.15, 0.2) is 23.8 Å². The van der Waals surface area contributed by atoms with Crippen LogP contribution in [0.4, 0.5) is 4.39 Å². The van der Waals surface area contributed by atoms with Crippen molar-refractivity contribution in [3.8, 4) is 0 Å². The summed E-state index contributed by atoms with van der Waals surface area (Å²) in [5, 5.41) is 42.1. The van der Waals surface area contributed by atoms with Crippen molar-refractivity contribution in [2.45, 2.75) is 63.0 Å². The summed E-state index contributed by atoms with van der Waals surface area (Å²) in [6.45, 7) is 2.33. The number of hydrogen-bond acceptors (Lipinski definition) is 6. The van der Waals surface area contributed by atoms with Crippen LogP contribution in [0.1, 0.15) is 39.5 Å². The molecule has 0 aliphatic heterocycles. The Balaban J connectivity index is 1.84. The lowest BCUT2D eigenvalue weighted by Crippen LogP contribution is -2.69. The van der Waals surface area contributed by atoms with Gasteiger partial charge in [-0.25, -0.2) is 4.39 Å². The van der Waals surface area contributed by atoms with Gasteiger partial charge in [-0.05, 0) is 50.7 Å². The zero-order valence-electron chi connectivity index (χ0n) is 16.1. The number of carbonyl (C=O) groups is 2. The molecule has 6 nitrogen and oxygen atoms in total. The summed E-state index contributed by atoms with van der Waals surface area (Å²) in [5.74, 6) is -2.38. The summed E-state index contributed by atoms with van der Waals surface area (Å²) in [5.41, 5.74) is -6.12. The zero-order chi connectivity index (χ0) is 20.7. The van der Waals surface area contributed by atoms with Gasteiger partial charge in [-0.1, -0.05) is 18.6 Å². The molecule has 0 bridgehead atoms. The third kappa shape index (κ3) is 2.01. The van der Waals surface area contributed by atoms with Gasteiger partial charge in [0.25, 0.3) is 0 Å². The molecule has 4 aliphatic carbocycles. The SMILES string of the molecule is C[C@]12C=CC(=O)C=C1CC[C@@H]1[C@@H]3C[C@H](O)[C@](O)(C(=O)CO)[C@@]3(C)C[C@H](O)[C@]12F. The van der Waals surface area contributed by atoms with Gasteiger partial charge in [0.2, 0.25) is 0 Å². The normalized spacial score (nSPS) is 52.5. The average molecular weight is 394 g/mol. The van der Waals surface area contributed by atoms with Crippen LogP contribution in [0.3, 0.4) is 0 Å². The maximum atomic E-state index is 16.8. The first-order valence-electron chi connectivity index (χ1n) is 9.82. The molecule has 0 amide bonds. The summed E-state index contributed by atoms with van der Waals surface area (Å²) in [4.78, 5) is 24.2. The molecule has 0 aromatic carbocycles. The molecule has 4 rings (SSSR count). The van der Waals surface area contributed by atoms with Crippen LogP contribution in [-0.2, 0) is 9.59 Å². The van der Waals surface area contributed by atoms with Gasteiger partial charge in [-0.3, -0.25) is 9.59 Å². The molecule has 0 aromatic heterocycles. The van der Waals surface area contributed by atoms with E-state index in [1.807, 2.05) is 0 Å². The van der Waals surface area contributed by atoms with E-state index < -0.39 is 58.5 Å². The molecular weight excluding hydrogens is 367 g/mol. The number of aliphatic hydroxyl groups excluding tert-OH is 3. The first kappa shape index (κ1) is 19.9. The Kier molecular flexibility index (Phi) is 4.13. The zero-order valence-corrected chi connectivity index (χ0v) is 16.1. The van der Waals surface area contributed by atoms with Crippen molar-refractivity contribution in [2.24, 2.45) is 22.7 Å². The molecule has 8 atom stereocenters. The summed E-state index contributed by atoms with van der Waals surface area (Å²) in [7, 11) is 0. The summed E-state index contributed by atoms with van der Waals surface area (Å²) in [6.07, 6.45) is 1.93. The van der Waals surface area contributed by atoms with Gasteiger partial charge < -0.3 is 20.4 Å². The first-order valence-corrected chi connectivity index (χ1v) is 9.82. The van der Waals surface area contributed by atoms with Crippen molar-refractivity contribution in [3.63, 3.8) is 0 Å². The van der Waals surface area contributed by atoms with Crippen molar-refractivity contribution < 1.29 is 34.4 Å². The summed E-state index contributed by atoms with van der Waals surface area (Å²) < 4.78 is 16.8. The Hall–Kier alpha value is -1.41. The number of alkyl halides is 1. The number of ketones is 2. The van der Waals surface area contributed by atoms with Crippen molar-refractivity contribution >= 4 is 11.6 Å². The third-order valence-electron chi connectivity index (χ3n) is 8.43. The lowest BCUT2D eigenvalue weighted by atomic mass is 9.44. The summed E-state index contributed by atoms with van der Waals surface area (Å²) >= 11 is 0. The van der Waals surface area contributed by atoms with Crippen LogP contribution >= 0.6 is 0 Å². The van der Waals surface area contributed by atoms with Gasteiger partial charge >= 0.3 is 0 Å². The minimum Gasteiger partial charge on any atom is -0.390 e. The highest BCUT2D eigenvalue weighted by atomic mass is 19.1. The molecule has 4 N–H and O–H groups in total. The number of hydrogen-bond donors (Lipinski definition) is 4. The number of rotatable bonds is 2. The van der Waals surface area contributed by atoms with Crippen LogP contribution in [-0.4, -0.2) is 62.1 Å². The molecule has 0 aromatic rings. The van der Waals surface area contributed by atoms with E-state index in [-0.39, 0.29) is 18.6 Å². The van der Waals surface area contributed by atoms with Crippen LogP contribution in [0, 0.1) is 22.7 Å². The van der Waals surface area contributed by atoms with E-state index in [9.17, 15) is 30.0 Å². The fraction of sp³-hybridized carbons (Fsp3) is 0.714. The Morgan fingerprint density at radius 2 is 1.93 bits per heavy atom. The average Bonchev–Trinajstić information content (AvgIpc) is 2.84. The monoisotopic (exact) mass is 394 g/mol. The van der Waals surface area contributed by atoms with Crippen molar-refractivity contribution in [3.05, 3.63) is 23.8 Å². The molecule has 0 unspecified atom stereocenters. The first-order chi connectivity index (χ1) is 13.0. The highest BCUT2D eigenvalue weighted by Gasteiger charge is 2.76. The second-order valence-electron chi connectivity index (χ2n) is 9.36. The maximum absolute atomic E-state index is 16.8. The van der Waals surface area contributed by atoms with E-state index in [0.29, 0.717) is 18.4 Å². The van der Waals surface area contributed by atoms with Crippen LogP contribution in [0.25, 0.3) is 0 Å². The van der Waals surface area contributed by atoms with Gasteiger partial charge in [-0.15, -0.1) is 0 Å². The predicted octanol–water partition coefficient (Wildman–Crippen LogP) is 0.620. The number of Topliss-reactive ketones (excluding diaryl/α,β-unsaturated/α-hetero) is 1. The number of aliphatic hydroxyl groups is 4. The predicted molar refractivity (Wildman–Crippen MR) is 96.8 cm³/mol.